The molecule has 4 atom stereocenters. The van der Waals surface area contributed by atoms with Crippen LogP contribution in [0.2, 0.25) is 5.02 Å². The van der Waals surface area contributed by atoms with Gasteiger partial charge in [-0.15, -0.1) is 0 Å². The van der Waals surface area contributed by atoms with Gasteiger partial charge in [0.2, 0.25) is 5.91 Å². The number of hydrogen-bond donors (Lipinski definition) is 1. The molecule has 3 aliphatic rings. The Labute approximate surface area is 169 Å². The first-order valence-electron chi connectivity index (χ1n) is 9.91. The van der Waals surface area contributed by atoms with E-state index in [4.69, 9.17) is 26.2 Å². The van der Waals surface area contributed by atoms with Crippen molar-refractivity contribution in [2.75, 3.05) is 6.54 Å². The quantitative estimate of drug-likeness (QED) is 0.824. The standard InChI is InChI=1S/C21H26ClNO5/c1-21(2)14-11-15-17(4-3-9-23(15)18(24)7-8-19(25)26)27-20(14)13-10-12(22)5-6-16(13)28-21/h5-6,10,14-15,17,20H,3-4,7-9,11H2,1-2H3,(H,25,26)/t14-,15-,17-,20+/m1/s1. The van der Waals surface area contributed by atoms with E-state index in [9.17, 15) is 9.59 Å². The minimum Gasteiger partial charge on any atom is -0.487 e. The number of carboxylic acid groups (broad SMARTS) is 1. The molecule has 4 rings (SSSR count). The molecule has 0 saturated carbocycles. The third kappa shape index (κ3) is 3.48. The van der Waals surface area contributed by atoms with Gasteiger partial charge >= 0.3 is 5.97 Å². The molecule has 3 aliphatic heterocycles. The zero-order valence-electron chi connectivity index (χ0n) is 16.2. The van der Waals surface area contributed by atoms with Crippen molar-refractivity contribution in [2.45, 2.75) is 69.8 Å². The number of fused-ring (bicyclic) bond motifs is 4. The predicted octanol–water partition coefficient (Wildman–Crippen LogP) is 3.81. The number of ether oxygens (including phenoxy) is 2. The first-order valence-corrected chi connectivity index (χ1v) is 10.3. The van der Waals surface area contributed by atoms with Gasteiger partial charge in [-0.2, -0.15) is 0 Å². The Morgan fingerprint density at radius 2 is 2.11 bits per heavy atom. The molecule has 28 heavy (non-hydrogen) atoms. The lowest BCUT2D eigenvalue weighted by atomic mass is 9.72. The van der Waals surface area contributed by atoms with Gasteiger partial charge in [0.25, 0.3) is 0 Å². The van der Waals surface area contributed by atoms with Crippen LogP contribution in [0.4, 0.5) is 0 Å². The van der Waals surface area contributed by atoms with E-state index < -0.39 is 11.6 Å². The Bertz CT molecular complexity index is 795. The average molecular weight is 408 g/mol. The number of likely N-dealkylation sites (tertiary alicyclic amines) is 1. The highest BCUT2D eigenvalue weighted by molar-refractivity contribution is 6.30. The largest absolute Gasteiger partial charge is 0.487 e. The van der Waals surface area contributed by atoms with Gasteiger partial charge in [0.15, 0.2) is 0 Å². The van der Waals surface area contributed by atoms with Crippen molar-refractivity contribution in [3.05, 3.63) is 28.8 Å². The van der Waals surface area contributed by atoms with Crippen LogP contribution in [0.25, 0.3) is 0 Å². The molecule has 0 radical (unpaired) electrons. The summed E-state index contributed by atoms with van der Waals surface area (Å²) in [5, 5.41) is 9.56. The lowest BCUT2D eigenvalue weighted by Crippen LogP contribution is -2.60. The van der Waals surface area contributed by atoms with E-state index in [0.717, 1.165) is 30.6 Å². The van der Waals surface area contributed by atoms with Gasteiger partial charge in [-0.05, 0) is 51.3 Å². The van der Waals surface area contributed by atoms with Gasteiger partial charge in [0, 0.05) is 29.5 Å². The Morgan fingerprint density at radius 3 is 2.86 bits per heavy atom. The number of rotatable bonds is 3. The Morgan fingerprint density at radius 1 is 1.32 bits per heavy atom. The summed E-state index contributed by atoms with van der Waals surface area (Å²) in [6.07, 6.45) is 2.25. The number of benzene rings is 1. The molecule has 2 fully saturated rings. The molecule has 0 aliphatic carbocycles. The molecular weight excluding hydrogens is 382 g/mol. The molecule has 152 valence electrons. The zero-order chi connectivity index (χ0) is 20.1. The van der Waals surface area contributed by atoms with E-state index in [1.807, 2.05) is 23.1 Å². The van der Waals surface area contributed by atoms with Gasteiger partial charge in [0.1, 0.15) is 11.4 Å². The van der Waals surface area contributed by atoms with Gasteiger partial charge in [-0.1, -0.05) is 11.6 Å². The fourth-order valence-electron chi connectivity index (χ4n) is 4.93. The predicted molar refractivity (Wildman–Crippen MR) is 103 cm³/mol. The first-order chi connectivity index (χ1) is 13.3. The van der Waals surface area contributed by atoms with Gasteiger partial charge in [0.05, 0.1) is 24.7 Å². The molecule has 1 aromatic carbocycles. The summed E-state index contributed by atoms with van der Waals surface area (Å²) in [5.41, 5.74) is 0.536. The van der Waals surface area contributed by atoms with Crippen molar-refractivity contribution in [2.24, 2.45) is 5.92 Å². The normalized spacial score (nSPS) is 30.5. The van der Waals surface area contributed by atoms with Crippen molar-refractivity contribution < 1.29 is 24.2 Å². The Hall–Kier alpha value is -1.79. The number of piperidine rings is 1. The van der Waals surface area contributed by atoms with Crippen molar-refractivity contribution in [1.29, 1.82) is 0 Å². The molecule has 0 spiro atoms. The van der Waals surface area contributed by atoms with Crippen molar-refractivity contribution in [3.8, 4) is 5.75 Å². The topological polar surface area (TPSA) is 76.1 Å². The summed E-state index contributed by atoms with van der Waals surface area (Å²) >= 11 is 6.23. The second kappa shape index (κ2) is 7.23. The summed E-state index contributed by atoms with van der Waals surface area (Å²) in [4.78, 5) is 25.4. The highest BCUT2D eigenvalue weighted by atomic mass is 35.5. The van der Waals surface area contributed by atoms with Crippen LogP contribution in [-0.2, 0) is 14.3 Å². The molecule has 0 aromatic heterocycles. The van der Waals surface area contributed by atoms with E-state index in [1.165, 1.54) is 0 Å². The maximum Gasteiger partial charge on any atom is 0.303 e. The number of halogens is 1. The van der Waals surface area contributed by atoms with Crippen molar-refractivity contribution in [1.82, 2.24) is 4.90 Å². The fraction of sp³-hybridized carbons (Fsp3) is 0.619. The van der Waals surface area contributed by atoms with E-state index in [2.05, 4.69) is 13.8 Å². The Balaban J connectivity index is 1.61. The number of aliphatic carboxylic acids is 1. The molecule has 0 unspecified atom stereocenters. The zero-order valence-corrected chi connectivity index (χ0v) is 16.9. The number of carbonyl (C=O) groups excluding carboxylic acids is 1. The van der Waals surface area contributed by atoms with Crippen LogP contribution >= 0.6 is 11.6 Å². The summed E-state index contributed by atoms with van der Waals surface area (Å²) in [5.74, 6) is -0.166. The minimum absolute atomic E-state index is 0.0327. The van der Waals surface area contributed by atoms with E-state index in [0.29, 0.717) is 11.6 Å². The molecule has 0 bridgehead atoms. The number of hydrogen-bond acceptors (Lipinski definition) is 4. The summed E-state index contributed by atoms with van der Waals surface area (Å²) in [6.45, 7) is 4.78. The molecule has 2 saturated heterocycles. The fourth-order valence-corrected chi connectivity index (χ4v) is 5.11. The number of carboxylic acids is 1. The monoisotopic (exact) mass is 407 g/mol. The molecule has 1 N–H and O–H groups in total. The van der Waals surface area contributed by atoms with Gasteiger partial charge < -0.3 is 19.5 Å². The lowest BCUT2D eigenvalue weighted by molar-refractivity contribution is -0.193. The minimum atomic E-state index is -0.947. The molecule has 3 heterocycles. The third-order valence-corrected chi connectivity index (χ3v) is 6.55. The maximum atomic E-state index is 12.7. The maximum absolute atomic E-state index is 12.7. The smallest absolute Gasteiger partial charge is 0.303 e. The van der Waals surface area contributed by atoms with E-state index in [1.54, 1.807) is 0 Å². The number of carbonyl (C=O) groups is 2. The first kappa shape index (κ1) is 19.5. The third-order valence-electron chi connectivity index (χ3n) is 6.32. The van der Waals surface area contributed by atoms with Crippen LogP contribution in [0.1, 0.15) is 57.6 Å². The number of amides is 1. The van der Waals surface area contributed by atoms with Crippen LogP contribution in [0.3, 0.4) is 0 Å². The molecule has 1 amide bonds. The second-order valence-electron chi connectivity index (χ2n) is 8.52. The lowest BCUT2D eigenvalue weighted by Gasteiger charge is -2.54. The highest BCUT2D eigenvalue weighted by Crippen LogP contribution is 2.52. The summed E-state index contributed by atoms with van der Waals surface area (Å²) in [6, 6.07) is 5.60. The van der Waals surface area contributed by atoms with Crippen LogP contribution in [0, 0.1) is 5.92 Å². The SMILES string of the molecule is CC1(C)Oc2ccc(Cl)cc2[C@@H]2O[C@@H]3CCCN(C(=O)CCC(=O)O)[C@@H]3C[C@H]21. The average Bonchev–Trinajstić information content (AvgIpc) is 2.65. The van der Waals surface area contributed by atoms with Crippen LogP contribution in [0.15, 0.2) is 18.2 Å². The van der Waals surface area contributed by atoms with E-state index in [-0.39, 0.29) is 42.9 Å². The second-order valence-corrected chi connectivity index (χ2v) is 8.95. The van der Waals surface area contributed by atoms with Crippen LogP contribution in [0.5, 0.6) is 5.75 Å². The molecular formula is C21H26ClNO5. The summed E-state index contributed by atoms with van der Waals surface area (Å²) < 4.78 is 12.8. The number of nitrogens with zero attached hydrogens (tertiary/aromatic N) is 1. The van der Waals surface area contributed by atoms with Crippen LogP contribution in [-0.4, -0.2) is 46.2 Å². The van der Waals surface area contributed by atoms with Crippen molar-refractivity contribution in [3.63, 3.8) is 0 Å². The molecule has 7 heteroatoms. The van der Waals surface area contributed by atoms with Crippen LogP contribution < -0.4 is 4.74 Å². The highest BCUT2D eigenvalue weighted by Gasteiger charge is 2.52. The molecule has 1 aromatic rings. The van der Waals surface area contributed by atoms with Gasteiger partial charge in [-0.3, -0.25) is 9.59 Å². The summed E-state index contributed by atoms with van der Waals surface area (Å²) in [7, 11) is 0. The van der Waals surface area contributed by atoms with Gasteiger partial charge in [-0.25, -0.2) is 0 Å². The van der Waals surface area contributed by atoms with Crippen molar-refractivity contribution >= 4 is 23.5 Å². The molecule has 6 nitrogen and oxygen atoms in total. The Kier molecular flexibility index (Phi) is 5.04. The van der Waals surface area contributed by atoms with E-state index >= 15 is 0 Å².